The van der Waals surface area contributed by atoms with Crippen molar-refractivity contribution >= 4 is 18.1 Å². The van der Waals surface area contributed by atoms with Gasteiger partial charge in [0.25, 0.3) is 0 Å². The summed E-state index contributed by atoms with van der Waals surface area (Å²) in [6.07, 6.45) is 8.43. The second kappa shape index (κ2) is 11.4. The second-order valence-corrected chi connectivity index (χ2v) is 7.51. The first-order valence-electron chi connectivity index (χ1n) is 10.6. The first-order valence-corrected chi connectivity index (χ1v) is 10.6. The molecule has 0 spiro atoms. The summed E-state index contributed by atoms with van der Waals surface area (Å²) in [6.45, 7) is 5.16. The van der Waals surface area contributed by atoms with E-state index in [0.29, 0.717) is 6.61 Å². The van der Waals surface area contributed by atoms with Crippen LogP contribution < -0.4 is 4.74 Å². The fourth-order valence-electron chi connectivity index (χ4n) is 3.67. The van der Waals surface area contributed by atoms with E-state index in [-0.39, 0.29) is 12.1 Å². The molecule has 1 unspecified atom stereocenters. The number of benzene rings is 2. The highest BCUT2D eigenvalue weighted by molar-refractivity contribution is 5.72. The molecule has 1 saturated heterocycles. The van der Waals surface area contributed by atoms with E-state index in [2.05, 4.69) is 35.3 Å². The van der Waals surface area contributed by atoms with Crippen LogP contribution in [-0.2, 0) is 9.53 Å². The molecule has 4 heteroatoms. The average Bonchev–Trinajstić information content (AvgIpc) is 2.73. The van der Waals surface area contributed by atoms with Crippen molar-refractivity contribution in [2.24, 2.45) is 0 Å². The van der Waals surface area contributed by atoms with E-state index in [1.807, 2.05) is 36.4 Å². The Morgan fingerprint density at radius 2 is 1.86 bits per heavy atom. The van der Waals surface area contributed by atoms with E-state index < -0.39 is 0 Å². The third-order valence-corrected chi connectivity index (χ3v) is 5.10. The van der Waals surface area contributed by atoms with Gasteiger partial charge in [0.15, 0.2) is 0 Å². The molecule has 0 aliphatic carbocycles. The molecular weight excluding hydrogens is 362 g/mol. The van der Waals surface area contributed by atoms with Gasteiger partial charge >= 0.3 is 5.97 Å². The van der Waals surface area contributed by atoms with Gasteiger partial charge in [-0.05, 0) is 50.4 Å². The maximum atomic E-state index is 11.1. The molecule has 2 aromatic rings. The smallest absolute Gasteiger partial charge is 0.302 e. The lowest BCUT2D eigenvalue weighted by atomic mass is 10.1. The number of unbranched alkanes of at least 4 members (excludes halogenated alkanes) is 1. The van der Waals surface area contributed by atoms with E-state index in [0.717, 1.165) is 56.6 Å². The average molecular weight is 394 g/mol. The number of esters is 1. The fraction of sp³-hybridized carbons (Fsp3) is 0.400. The van der Waals surface area contributed by atoms with Gasteiger partial charge in [-0.15, -0.1) is 0 Å². The number of para-hydroxylation sites is 1. The van der Waals surface area contributed by atoms with Crippen LogP contribution in [-0.4, -0.2) is 43.2 Å². The topological polar surface area (TPSA) is 38.8 Å². The van der Waals surface area contributed by atoms with Crippen molar-refractivity contribution in [1.29, 1.82) is 0 Å². The van der Waals surface area contributed by atoms with Gasteiger partial charge in [-0.25, -0.2) is 0 Å². The predicted octanol–water partition coefficient (Wildman–Crippen LogP) is 5.04. The molecular formula is C25H31NO3. The molecule has 0 radical (unpaired) electrons. The van der Waals surface area contributed by atoms with E-state index >= 15 is 0 Å². The molecule has 154 valence electrons. The Balaban J connectivity index is 1.41. The van der Waals surface area contributed by atoms with Crippen molar-refractivity contribution < 1.29 is 14.3 Å². The molecule has 0 amide bonds. The molecule has 29 heavy (non-hydrogen) atoms. The third kappa shape index (κ3) is 7.39. The zero-order valence-electron chi connectivity index (χ0n) is 17.3. The molecule has 1 aliphatic rings. The summed E-state index contributed by atoms with van der Waals surface area (Å²) in [4.78, 5) is 13.5. The SMILES string of the molecule is CC(=O)OC1CCCN(CCCCOc2ccccc2/C=C/c2ccccc2)C1. The summed E-state index contributed by atoms with van der Waals surface area (Å²) in [6, 6.07) is 18.4. The molecule has 1 fully saturated rings. The lowest BCUT2D eigenvalue weighted by Crippen LogP contribution is -2.40. The third-order valence-electron chi connectivity index (χ3n) is 5.10. The number of rotatable bonds is 9. The van der Waals surface area contributed by atoms with Gasteiger partial charge in [-0.1, -0.05) is 60.7 Å². The largest absolute Gasteiger partial charge is 0.493 e. The van der Waals surface area contributed by atoms with Crippen LogP contribution in [0.3, 0.4) is 0 Å². The van der Waals surface area contributed by atoms with Crippen LogP contribution in [0, 0.1) is 0 Å². The van der Waals surface area contributed by atoms with Crippen LogP contribution in [0.4, 0.5) is 0 Å². The number of hydrogen-bond acceptors (Lipinski definition) is 4. The highest BCUT2D eigenvalue weighted by atomic mass is 16.5. The lowest BCUT2D eigenvalue weighted by Gasteiger charge is -2.32. The predicted molar refractivity (Wildman–Crippen MR) is 118 cm³/mol. The lowest BCUT2D eigenvalue weighted by molar-refractivity contribution is -0.148. The Labute approximate surface area is 174 Å². The van der Waals surface area contributed by atoms with Crippen molar-refractivity contribution in [3.8, 4) is 5.75 Å². The van der Waals surface area contributed by atoms with Crippen LogP contribution in [0.1, 0.15) is 43.7 Å². The number of ether oxygens (including phenoxy) is 2. The Bertz CT molecular complexity index is 788. The summed E-state index contributed by atoms with van der Waals surface area (Å²) >= 11 is 0. The van der Waals surface area contributed by atoms with E-state index in [4.69, 9.17) is 9.47 Å². The van der Waals surface area contributed by atoms with Crippen molar-refractivity contribution in [2.75, 3.05) is 26.2 Å². The van der Waals surface area contributed by atoms with Gasteiger partial charge in [-0.2, -0.15) is 0 Å². The van der Waals surface area contributed by atoms with E-state index in [9.17, 15) is 4.79 Å². The number of carbonyl (C=O) groups excluding carboxylic acids is 1. The maximum Gasteiger partial charge on any atom is 0.302 e. The molecule has 4 nitrogen and oxygen atoms in total. The van der Waals surface area contributed by atoms with Crippen LogP contribution in [0.25, 0.3) is 12.2 Å². The molecule has 0 bridgehead atoms. The van der Waals surface area contributed by atoms with E-state index in [1.165, 1.54) is 12.5 Å². The van der Waals surface area contributed by atoms with Crippen LogP contribution in [0.15, 0.2) is 54.6 Å². The first kappa shape index (κ1) is 21.1. The molecule has 1 atom stereocenters. The summed E-state index contributed by atoms with van der Waals surface area (Å²) in [7, 11) is 0. The van der Waals surface area contributed by atoms with Crippen LogP contribution in [0.5, 0.6) is 5.75 Å². The zero-order valence-corrected chi connectivity index (χ0v) is 17.3. The fourth-order valence-corrected chi connectivity index (χ4v) is 3.67. The van der Waals surface area contributed by atoms with Crippen LogP contribution >= 0.6 is 0 Å². The minimum atomic E-state index is -0.176. The quantitative estimate of drug-likeness (QED) is 0.340. The number of hydrogen-bond donors (Lipinski definition) is 0. The summed E-state index contributed by atoms with van der Waals surface area (Å²) in [5, 5.41) is 0. The minimum absolute atomic E-state index is 0.0563. The molecule has 3 rings (SSSR count). The summed E-state index contributed by atoms with van der Waals surface area (Å²) < 4.78 is 11.4. The summed E-state index contributed by atoms with van der Waals surface area (Å²) in [5.41, 5.74) is 2.27. The standard InChI is InChI=1S/C25H31NO3/c1-21(27)29-24-13-9-18-26(20-24)17-7-8-19-28-25-14-6-5-12-23(25)16-15-22-10-3-2-4-11-22/h2-6,10-12,14-16,24H,7-9,13,17-20H2,1H3/b16-15+. The van der Waals surface area contributed by atoms with Crippen molar-refractivity contribution in [3.05, 3.63) is 65.7 Å². The molecule has 1 aliphatic heterocycles. The second-order valence-electron chi connectivity index (χ2n) is 7.51. The number of piperidine rings is 1. The number of nitrogens with zero attached hydrogens (tertiary/aromatic N) is 1. The van der Waals surface area contributed by atoms with Gasteiger partial charge in [0.05, 0.1) is 6.61 Å². The van der Waals surface area contributed by atoms with Crippen molar-refractivity contribution in [1.82, 2.24) is 4.90 Å². The number of likely N-dealkylation sites (tertiary alicyclic amines) is 1. The van der Waals surface area contributed by atoms with Crippen molar-refractivity contribution in [3.63, 3.8) is 0 Å². The Hall–Kier alpha value is -2.59. The van der Waals surface area contributed by atoms with E-state index in [1.54, 1.807) is 0 Å². The van der Waals surface area contributed by atoms with Gasteiger partial charge < -0.3 is 9.47 Å². The van der Waals surface area contributed by atoms with Crippen LogP contribution in [0.2, 0.25) is 0 Å². The first-order chi connectivity index (χ1) is 14.2. The highest BCUT2D eigenvalue weighted by Crippen LogP contribution is 2.21. The Kier molecular flexibility index (Phi) is 8.32. The molecule has 0 aromatic heterocycles. The summed E-state index contributed by atoms with van der Waals surface area (Å²) in [5.74, 6) is 0.748. The van der Waals surface area contributed by atoms with Gasteiger partial charge in [-0.3, -0.25) is 9.69 Å². The Morgan fingerprint density at radius 3 is 2.69 bits per heavy atom. The Morgan fingerprint density at radius 1 is 1.07 bits per heavy atom. The molecule has 2 aromatic carbocycles. The maximum absolute atomic E-state index is 11.1. The van der Waals surface area contributed by atoms with Gasteiger partial charge in [0.2, 0.25) is 0 Å². The van der Waals surface area contributed by atoms with Crippen molar-refractivity contribution in [2.45, 2.75) is 38.7 Å². The monoisotopic (exact) mass is 393 g/mol. The van der Waals surface area contributed by atoms with Gasteiger partial charge in [0, 0.05) is 19.0 Å². The minimum Gasteiger partial charge on any atom is -0.493 e. The number of carbonyl (C=O) groups is 1. The highest BCUT2D eigenvalue weighted by Gasteiger charge is 2.21. The normalized spacial score (nSPS) is 17.3. The molecule has 0 N–H and O–H groups in total. The molecule has 1 heterocycles. The zero-order chi connectivity index (χ0) is 20.3. The van der Waals surface area contributed by atoms with Gasteiger partial charge in [0.1, 0.15) is 11.9 Å². The molecule has 0 saturated carbocycles.